The van der Waals surface area contributed by atoms with Crippen LogP contribution in [0.15, 0.2) is 48.5 Å². The highest BCUT2D eigenvalue weighted by Crippen LogP contribution is 2.31. The maximum absolute atomic E-state index is 11.6. The zero-order valence-electron chi connectivity index (χ0n) is 14.8. The molecule has 0 saturated carbocycles. The molecule has 0 aromatic heterocycles. The van der Waals surface area contributed by atoms with E-state index in [2.05, 4.69) is 9.46 Å². The largest absolute Gasteiger partial charge is 0.487 e. The second-order valence-corrected chi connectivity index (χ2v) is 7.57. The number of methoxy groups -OCH3 is 1. The van der Waals surface area contributed by atoms with Crippen LogP contribution >= 0.6 is 0 Å². The van der Waals surface area contributed by atoms with Gasteiger partial charge in [0.2, 0.25) is 10.0 Å². The van der Waals surface area contributed by atoms with Gasteiger partial charge in [0.15, 0.2) is 6.10 Å². The number of anilines is 1. The van der Waals surface area contributed by atoms with Gasteiger partial charge in [0.25, 0.3) is 0 Å². The number of hydrogen-bond donors (Lipinski definition) is 3. The van der Waals surface area contributed by atoms with Crippen LogP contribution in [0.2, 0.25) is 0 Å². The lowest BCUT2D eigenvalue weighted by Crippen LogP contribution is -2.29. The maximum atomic E-state index is 11.6. The first-order valence-corrected chi connectivity index (χ1v) is 9.83. The Kier molecular flexibility index (Phi) is 6.78. The molecule has 2 aromatic carbocycles. The monoisotopic (exact) mass is 395 g/mol. The number of esters is 1. The van der Waals surface area contributed by atoms with Crippen LogP contribution in [0.25, 0.3) is 0 Å². The number of ether oxygens (including phenoxy) is 2. The van der Waals surface area contributed by atoms with Crippen molar-refractivity contribution in [1.82, 2.24) is 0 Å². The summed E-state index contributed by atoms with van der Waals surface area (Å²) >= 11 is 0. The Labute approximate surface area is 157 Å². The highest BCUT2D eigenvalue weighted by molar-refractivity contribution is 7.92. The molecule has 0 aliphatic carbocycles. The lowest BCUT2D eigenvalue weighted by Gasteiger charge is -2.19. The van der Waals surface area contributed by atoms with Crippen molar-refractivity contribution >= 4 is 21.7 Å². The minimum Gasteiger partial charge on any atom is -0.487 e. The molecule has 9 heteroatoms. The zero-order chi connectivity index (χ0) is 20.0. The van der Waals surface area contributed by atoms with Gasteiger partial charge in [-0.15, -0.1) is 0 Å². The summed E-state index contributed by atoms with van der Waals surface area (Å²) in [6.07, 6.45) is -2.43. The van der Waals surface area contributed by atoms with Crippen LogP contribution in [0.4, 0.5) is 5.69 Å². The van der Waals surface area contributed by atoms with Crippen LogP contribution in [0.1, 0.15) is 17.2 Å². The summed E-state index contributed by atoms with van der Waals surface area (Å²) in [5.41, 5.74) is 1.07. The molecule has 0 heterocycles. The van der Waals surface area contributed by atoms with Crippen LogP contribution in [0, 0.1) is 0 Å². The summed E-state index contributed by atoms with van der Waals surface area (Å²) in [5, 5.41) is 19.9. The predicted octanol–water partition coefficient (Wildman–Crippen LogP) is 1.20. The maximum Gasteiger partial charge on any atom is 0.337 e. The SMILES string of the molecule is COC(=O)[C@@H](O)[C@H](O)c1ccc(OCc2ccccc2)c(NS(C)(=O)=O)c1. The topological polar surface area (TPSA) is 122 Å². The first-order chi connectivity index (χ1) is 12.7. The number of carbonyl (C=O) groups is 1. The average molecular weight is 395 g/mol. The fraction of sp³-hybridized carbons (Fsp3) is 0.278. The third-order valence-corrected chi connectivity index (χ3v) is 4.21. The van der Waals surface area contributed by atoms with Gasteiger partial charge >= 0.3 is 5.97 Å². The minimum atomic E-state index is -3.63. The zero-order valence-corrected chi connectivity index (χ0v) is 15.6. The fourth-order valence-electron chi connectivity index (χ4n) is 2.30. The van der Waals surface area contributed by atoms with Gasteiger partial charge in [-0.2, -0.15) is 0 Å². The Morgan fingerprint density at radius 3 is 2.41 bits per heavy atom. The molecule has 0 spiro atoms. The number of nitrogens with one attached hydrogen (secondary N) is 1. The molecule has 0 saturated heterocycles. The molecule has 3 N–H and O–H groups in total. The molecule has 8 nitrogen and oxygen atoms in total. The Morgan fingerprint density at radius 2 is 1.81 bits per heavy atom. The van der Waals surface area contributed by atoms with Gasteiger partial charge in [-0.1, -0.05) is 36.4 Å². The van der Waals surface area contributed by atoms with Crippen molar-refractivity contribution in [2.45, 2.75) is 18.8 Å². The molecular weight excluding hydrogens is 374 g/mol. The quantitative estimate of drug-likeness (QED) is 0.574. The number of aliphatic hydroxyl groups excluding tert-OH is 2. The van der Waals surface area contributed by atoms with Crippen molar-refractivity contribution in [2.75, 3.05) is 18.1 Å². The van der Waals surface area contributed by atoms with Crippen molar-refractivity contribution < 1.29 is 32.9 Å². The molecule has 2 aromatic rings. The van der Waals surface area contributed by atoms with E-state index >= 15 is 0 Å². The summed E-state index contributed by atoms with van der Waals surface area (Å²) in [6, 6.07) is 13.4. The van der Waals surface area contributed by atoms with Gasteiger partial charge in [0.05, 0.1) is 19.1 Å². The van der Waals surface area contributed by atoms with Crippen LogP contribution < -0.4 is 9.46 Å². The van der Waals surface area contributed by atoms with E-state index < -0.39 is 28.2 Å². The van der Waals surface area contributed by atoms with E-state index in [1.807, 2.05) is 30.3 Å². The summed E-state index contributed by atoms with van der Waals surface area (Å²) in [7, 11) is -2.55. The van der Waals surface area contributed by atoms with Crippen molar-refractivity contribution in [3.8, 4) is 5.75 Å². The highest BCUT2D eigenvalue weighted by Gasteiger charge is 2.27. The van der Waals surface area contributed by atoms with Crippen LogP contribution in [0.3, 0.4) is 0 Å². The van der Waals surface area contributed by atoms with Crippen LogP contribution in [0.5, 0.6) is 5.75 Å². The van der Waals surface area contributed by atoms with E-state index in [4.69, 9.17) is 4.74 Å². The first kappa shape index (κ1) is 20.7. The third-order valence-electron chi connectivity index (χ3n) is 3.62. The second kappa shape index (κ2) is 8.85. The van der Waals surface area contributed by atoms with Crippen LogP contribution in [-0.4, -0.2) is 44.1 Å². The third kappa shape index (κ3) is 5.95. The number of sulfonamides is 1. The molecule has 2 atom stereocenters. The molecule has 27 heavy (non-hydrogen) atoms. The molecule has 2 rings (SSSR count). The van der Waals surface area contributed by atoms with Gasteiger partial charge in [0.1, 0.15) is 18.5 Å². The number of rotatable bonds is 8. The molecular formula is C18H21NO7S. The molecule has 0 fully saturated rings. The van der Waals surface area contributed by atoms with Gasteiger partial charge in [-0.25, -0.2) is 13.2 Å². The van der Waals surface area contributed by atoms with Crippen LogP contribution in [-0.2, 0) is 26.2 Å². The van der Waals surface area contributed by atoms with Crippen molar-refractivity contribution in [2.24, 2.45) is 0 Å². The Hall–Kier alpha value is -2.62. The van der Waals surface area contributed by atoms with Gasteiger partial charge in [-0.3, -0.25) is 4.72 Å². The van der Waals surface area contributed by atoms with Gasteiger partial charge in [-0.05, 0) is 23.3 Å². The molecule has 0 amide bonds. The molecule has 0 bridgehead atoms. The first-order valence-electron chi connectivity index (χ1n) is 7.93. The lowest BCUT2D eigenvalue weighted by atomic mass is 10.0. The van der Waals surface area contributed by atoms with E-state index in [9.17, 15) is 23.4 Å². The Bertz CT molecular complexity index is 884. The van der Waals surface area contributed by atoms with Gasteiger partial charge in [0, 0.05) is 0 Å². The summed E-state index contributed by atoms with van der Waals surface area (Å²) in [4.78, 5) is 11.4. The molecule has 146 valence electrons. The fourth-order valence-corrected chi connectivity index (χ4v) is 2.86. The number of benzene rings is 2. The van der Waals surface area contributed by atoms with Gasteiger partial charge < -0.3 is 19.7 Å². The molecule has 0 aliphatic rings. The average Bonchev–Trinajstić information content (AvgIpc) is 2.64. The summed E-state index contributed by atoms with van der Waals surface area (Å²) in [5.74, 6) is -0.780. The summed E-state index contributed by atoms with van der Waals surface area (Å²) in [6.45, 7) is 0.200. The second-order valence-electron chi connectivity index (χ2n) is 5.82. The predicted molar refractivity (Wildman–Crippen MR) is 98.7 cm³/mol. The minimum absolute atomic E-state index is 0.0713. The normalized spacial score (nSPS) is 13.5. The number of hydrogen-bond acceptors (Lipinski definition) is 7. The van der Waals surface area contributed by atoms with E-state index in [1.165, 1.54) is 18.2 Å². The summed E-state index contributed by atoms with van der Waals surface area (Å²) < 4.78 is 35.7. The smallest absolute Gasteiger partial charge is 0.337 e. The van der Waals surface area contributed by atoms with E-state index in [0.717, 1.165) is 18.9 Å². The molecule has 0 unspecified atom stereocenters. The van der Waals surface area contributed by atoms with Crippen molar-refractivity contribution in [1.29, 1.82) is 0 Å². The van der Waals surface area contributed by atoms with E-state index in [1.54, 1.807) is 0 Å². The Morgan fingerprint density at radius 1 is 1.15 bits per heavy atom. The number of aliphatic hydroxyl groups is 2. The van der Waals surface area contributed by atoms with E-state index in [-0.39, 0.29) is 23.6 Å². The van der Waals surface area contributed by atoms with Crippen molar-refractivity contribution in [3.05, 3.63) is 59.7 Å². The van der Waals surface area contributed by atoms with Crippen molar-refractivity contribution in [3.63, 3.8) is 0 Å². The highest BCUT2D eigenvalue weighted by atomic mass is 32.2. The standard InChI is InChI=1S/C18H21NO7S/c1-25-18(22)17(21)16(20)13-8-9-15(14(10-13)19-27(2,23)24)26-11-12-6-4-3-5-7-12/h3-10,16-17,19-21H,11H2,1-2H3/t16-,17+/m1/s1. The Balaban J connectivity index is 2.29. The molecule has 0 radical (unpaired) electrons. The number of carbonyl (C=O) groups excluding carboxylic acids is 1. The lowest BCUT2D eigenvalue weighted by molar-refractivity contribution is -0.156. The van der Waals surface area contributed by atoms with E-state index in [0.29, 0.717) is 0 Å². The molecule has 0 aliphatic heterocycles.